The zero-order valence-corrected chi connectivity index (χ0v) is 13.8. The molecule has 0 aliphatic heterocycles. The van der Waals surface area contributed by atoms with Crippen molar-refractivity contribution < 1.29 is 27.5 Å². The molecular formula is C16H14F2N4O4. The van der Waals surface area contributed by atoms with Crippen molar-refractivity contribution in [2.75, 3.05) is 14.2 Å². The molecule has 26 heavy (non-hydrogen) atoms. The fourth-order valence-corrected chi connectivity index (χ4v) is 2.19. The minimum Gasteiger partial charge on any atom is -0.480 e. The van der Waals surface area contributed by atoms with Gasteiger partial charge in [-0.1, -0.05) is 11.2 Å². The number of methoxy groups -OCH3 is 2. The zero-order valence-electron chi connectivity index (χ0n) is 13.8. The van der Waals surface area contributed by atoms with E-state index in [2.05, 4.69) is 24.8 Å². The molecule has 3 rings (SSSR count). The molecule has 0 saturated carbocycles. The Morgan fingerprint density at radius 3 is 2.77 bits per heavy atom. The SMILES string of the molecule is COCc1cnc(OC)c(-c2nc(-c3cccc(OC(F)F)n3)no2)c1. The van der Waals surface area contributed by atoms with Crippen molar-refractivity contribution in [2.24, 2.45) is 0 Å². The summed E-state index contributed by atoms with van der Waals surface area (Å²) in [5.41, 5.74) is 1.48. The Morgan fingerprint density at radius 1 is 1.19 bits per heavy atom. The normalized spacial score (nSPS) is 11.0. The van der Waals surface area contributed by atoms with Crippen LogP contribution in [0, 0.1) is 0 Å². The fraction of sp³-hybridized carbons (Fsp3) is 0.250. The van der Waals surface area contributed by atoms with Crippen molar-refractivity contribution >= 4 is 0 Å². The van der Waals surface area contributed by atoms with Crippen molar-refractivity contribution in [1.29, 1.82) is 0 Å². The Morgan fingerprint density at radius 2 is 2.04 bits per heavy atom. The predicted molar refractivity (Wildman–Crippen MR) is 84.7 cm³/mol. The van der Waals surface area contributed by atoms with Gasteiger partial charge in [0.2, 0.25) is 17.6 Å². The van der Waals surface area contributed by atoms with Gasteiger partial charge in [0.25, 0.3) is 5.89 Å². The molecule has 136 valence electrons. The molecule has 0 unspecified atom stereocenters. The minimum absolute atomic E-state index is 0.110. The third kappa shape index (κ3) is 3.91. The molecule has 8 nitrogen and oxygen atoms in total. The summed E-state index contributed by atoms with van der Waals surface area (Å²) in [4.78, 5) is 12.3. The van der Waals surface area contributed by atoms with E-state index in [1.807, 2.05) is 0 Å². The van der Waals surface area contributed by atoms with Crippen LogP contribution in [0.4, 0.5) is 8.78 Å². The number of hydrogen-bond donors (Lipinski definition) is 0. The van der Waals surface area contributed by atoms with E-state index in [1.165, 1.54) is 19.2 Å². The van der Waals surface area contributed by atoms with Crippen molar-refractivity contribution in [3.05, 3.63) is 36.0 Å². The van der Waals surface area contributed by atoms with E-state index in [4.69, 9.17) is 14.0 Å². The second-order valence-electron chi connectivity index (χ2n) is 5.00. The zero-order chi connectivity index (χ0) is 18.5. The highest BCUT2D eigenvalue weighted by atomic mass is 19.3. The van der Waals surface area contributed by atoms with Crippen molar-refractivity contribution in [3.63, 3.8) is 0 Å². The molecule has 3 heterocycles. The molecule has 0 bridgehead atoms. The Bertz CT molecular complexity index is 888. The van der Waals surface area contributed by atoms with Gasteiger partial charge in [-0.15, -0.1) is 0 Å². The summed E-state index contributed by atoms with van der Waals surface area (Å²) < 4.78 is 44.5. The van der Waals surface area contributed by atoms with Crippen LogP contribution in [0.25, 0.3) is 23.0 Å². The van der Waals surface area contributed by atoms with Crippen molar-refractivity contribution in [3.8, 4) is 34.7 Å². The lowest BCUT2D eigenvalue weighted by atomic mass is 10.2. The van der Waals surface area contributed by atoms with E-state index in [9.17, 15) is 8.78 Å². The van der Waals surface area contributed by atoms with Crippen LogP contribution in [0.15, 0.2) is 35.0 Å². The van der Waals surface area contributed by atoms with E-state index in [0.29, 0.717) is 18.1 Å². The summed E-state index contributed by atoms with van der Waals surface area (Å²) in [6.45, 7) is -2.63. The molecule has 0 atom stereocenters. The molecular weight excluding hydrogens is 350 g/mol. The number of nitrogens with zero attached hydrogens (tertiary/aromatic N) is 4. The van der Waals surface area contributed by atoms with Crippen molar-refractivity contribution in [2.45, 2.75) is 13.2 Å². The average Bonchev–Trinajstić information content (AvgIpc) is 3.11. The first-order chi connectivity index (χ1) is 12.6. The molecule has 10 heteroatoms. The largest absolute Gasteiger partial charge is 0.480 e. The molecule has 0 fully saturated rings. The molecule has 0 aliphatic carbocycles. The lowest BCUT2D eigenvalue weighted by Crippen LogP contribution is -2.03. The Balaban J connectivity index is 1.94. The number of ether oxygens (including phenoxy) is 3. The minimum atomic E-state index is -2.97. The summed E-state index contributed by atoms with van der Waals surface area (Å²) in [5.74, 6) is 0.302. The molecule has 0 amide bonds. The lowest BCUT2D eigenvalue weighted by Gasteiger charge is -2.06. The maximum atomic E-state index is 12.3. The first kappa shape index (κ1) is 17.7. The number of pyridine rings is 2. The maximum absolute atomic E-state index is 12.3. The summed E-state index contributed by atoms with van der Waals surface area (Å²) in [7, 11) is 3.03. The molecule has 0 spiro atoms. The standard InChI is InChI=1S/C16H14F2N4O4/c1-23-8-9-6-10(14(24-2)19-7-9)15-21-13(22-26-15)11-4-3-5-12(20-11)25-16(17)18/h3-7,16H,8H2,1-2H3. The average molecular weight is 364 g/mol. The Kier molecular flexibility index (Phi) is 5.32. The first-order valence-electron chi connectivity index (χ1n) is 7.39. The van der Waals surface area contributed by atoms with Gasteiger partial charge in [0.1, 0.15) is 11.3 Å². The fourth-order valence-electron chi connectivity index (χ4n) is 2.19. The van der Waals surface area contributed by atoms with Crippen LogP contribution < -0.4 is 9.47 Å². The number of halogens is 2. The summed E-state index contributed by atoms with van der Waals surface area (Å²) in [6.07, 6.45) is 1.61. The summed E-state index contributed by atoms with van der Waals surface area (Å²) in [5, 5.41) is 3.83. The van der Waals surface area contributed by atoms with E-state index in [-0.39, 0.29) is 23.3 Å². The molecule has 0 saturated heterocycles. The number of alkyl halides is 2. The molecule has 0 aliphatic rings. The predicted octanol–water partition coefficient (Wildman–Crippen LogP) is 2.95. The lowest BCUT2D eigenvalue weighted by molar-refractivity contribution is -0.0527. The Labute approximate surface area is 146 Å². The van der Waals surface area contributed by atoms with Crippen LogP contribution >= 0.6 is 0 Å². The van der Waals surface area contributed by atoms with Crippen LogP contribution in [0.3, 0.4) is 0 Å². The number of hydrogen-bond acceptors (Lipinski definition) is 8. The smallest absolute Gasteiger partial charge is 0.388 e. The topological polar surface area (TPSA) is 92.4 Å². The monoisotopic (exact) mass is 364 g/mol. The third-order valence-corrected chi connectivity index (χ3v) is 3.23. The van der Waals surface area contributed by atoms with Gasteiger partial charge in [-0.25, -0.2) is 9.97 Å². The van der Waals surface area contributed by atoms with Gasteiger partial charge in [-0.2, -0.15) is 13.8 Å². The highest BCUT2D eigenvalue weighted by Crippen LogP contribution is 2.29. The van der Waals surface area contributed by atoms with Gasteiger partial charge in [0.05, 0.1) is 13.7 Å². The van der Waals surface area contributed by atoms with Crippen LogP contribution in [0.5, 0.6) is 11.8 Å². The van der Waals surface area contributed by atoms with Gasteiger partial charge in [0.15, 0.2) is 0 Å². The second kappa shape index (κ2) is 7.83. The molecule has 0 aromatic carbocycles. The third-order valence-electron chi connectivity index (χ3n) is 3.23. The number of aromatic nitrogens is 4. The van der Waals surface area contributed by atoms with Crippen LogP contribution in [0.1, 0.15) is 5.56 Å². The summed E-state index contributed by atoms with van der Waals surface area (Å²) in [6, 6.07) is 6.09. The first-order valence-corrected chi connectivity index (χ1v) is 7.39. The number of rotatable bonds is 7. The van der Waals surface area contributed by atoms with E-state index in [0.717, 1.165) is 5.56 Å². The van der Waals surface area contributed by atoms with Crippen LogP contribution in [0.2, 0.25) is 0 Å². The van der Waals surface area contributed by atoms with Crippen LogP contribution in [-0.2, 0) is 11.3 Å². The highest BCUT2D eigenvalue weighted by Gasteiger charge is 2.18. The molecule has 3 aromatic rings. The maximum Gasteiger partial charge on any atom is 0.388 e. The van der Waals surface area contributed by atoms with Gasteiger partial charge in [-0.05, 0) is 17.7 Å². The van der Waals surface area contributed by atoms with Gasteiger partial charge in [-0.3, -0.25) is 0 Å². The quantitative estimate of drug-likeness (QED) is 0.632. The molecule has 0 radical (unpaired) electrons. The molecule has 3 aromatic heterocycles. The van der Waals surface area contributed by atoms with E-state index < -0.39 is 6.61 Å². The Hall–Kier alpha value is -3.14. The molecule has 0 N–H and O–H groups in total. The van der Waals surface area contributed by atoms with Gasteiger partial charge in [0, 0.05) is 19.4 Å². The van der Waals surface area contributed by atoms with Crippen molar-refractivity contribution in [1.82, 2.24) is 20.1 Å². The van der Waals surface area contributed by atoms with E-state index >= 15 is 0 Å². The van der Waals surface area contributed by atoms with Gasteiger partial charge < -0.3 is 18.7 Å². The van der Waals surface area contributed by atoms with Crippen LogP contribution in [-0.4, -0.2) is 40.9 Å². The second-order valence-corrected chi connectivity index (χ2v) is 5.00. The van der Waals surface area contributed by atoms with E-state index in [1.54, 1.807) is 25.4 Å². The van der Waals surface area contributed by atoms with Gasteiger partial charge >= 0.3 is 6.61 Å². The summed E-state index contributed by atoms with van der Waals surface area (Å²) >= 11 is 0. The highest BCUT2D eigenvalue weighted by molar-refractivity contribution is 5.63.